The van der Waals surface area contributed by atoms with Gasteiger partial charge >= 0.3 is 14.5 Å². The zero-order valence-electron chi connectivity index (χ0n) is 12.8. The molecule has 1 rings (SSSR count). The fraction of sp³-hybridized carbons (Fsp3) is 0.438. The third kappa shape index (κ3) is 5.45. The molecule has 0 radical (unpaired) electrons. The van der Waals surface area contributed by atoms with E-state index in [2.05, 4.69) is 6.58 Å². The summed E-state index contributed by atoms with van der Waals surface area (Å²) in [7, 11) is -2.78. The Labute approximate surface area is 128 Å². The molecular weight excluding hydrogens is 284 g/mol. The third-order valence-electron chi connectivity index (χ3n) is 2.86. The lowest BCUT2D eigenvalue weighted by Crippen LogP contribution is -2.58. The molecule has 0 fully saturated rings. The summed E-state index contributed by atoms with van der Waals surface area (Å²) in [6, 6.07) is 9.77. The molecule has 0 aliphatic carbocycles. The van der Waals surface area contributed by atoms with Crippen LogP contribution in [0.15, 0.2) is 43.0 Å². The van der Waals surface area contributed by atoms with Crippen LogP contribution in [0.4, 0.5) is 0 Å². The van der Waals surface area contributed by atoms with Crippen LogP contribution in [0.5, 0.6) is 0 Å². The highest BCUT2D eigenvalue weighted by atomic mass is 28.4. The van der Waals surface area contributed by atoms with E-state index >= 15 is 0 Å². The van der Waals surface area contributed by atoms with Gasteiger partial charge in [0.2, 0.25) is 0 Å². The van der Waals surface area contributed by atoms with Crippen molar-refractivity contribution in [3.8, 4) is 0 Å². The van der Waals surface area contributed by atoms with Crippen molar-refractivity contribution in [3.63, 3.8) is 0 Å². The fourth-order valence-electron chi connectivity index (χ4n) is 1.83. The number of ether oxygens (including phenoxy) is 1. The average molecular weight is 308 g/mol. The fourth-order valence-corrected chi connectivity index (χ4v) is 4.68. The molecule has 0 saturated carbocycles. The second-order valence-corrected chi connectivity index (χ2v) is 7.58. The first kappa shape index (κ1) is 17.6. The lowest BCUT2D eigenvalue weighted by atomic mass is 10.4. The van der Waals surface area contributed by atoms with Gasteiger partial charge in [-0.3, -0.25) is 0 Å². The smallest absolute Gasteiger partial charge is 0.411 e. The number of rotatable bonds is 10. The SMILES string of the molecule is C=CC(=O)OC[Si](OCCC)(OCCC)c1ccccc1. The van der Waals surface area contributed by atoms with E-state index in [0.717, 1.165) is 24.1 Å². The zero-order chi connectivity index (χ0) is 15.6. The molecule has 116 valence electrons. The monoisotopic (exact) mass is 308 g/mol. The van der Waals surface area contributed by atoms with Crippen LogP contribution in [0.2, 0.25) is 0 Å². The summed E-state index contributed by atoms with van der Waals surface area (Å²) in [6.45, 7) is 8.66. The van der Waals surface area contributed by atoms with Gasteiger partial charge in [0, 0.05) is 19.3 Å². The van der Waals surface area contributed by atoms with E-state index in [4.69, 9.17) is 13.6 Å². The summed E-state index contributed by atoms with van der Waals surface area (Å²) in [5.74, 6) is -0.456. The third-order valence-corrected chi connectivity index (χ3v) is 5.94. The van der Waals surface area contributed by atoms with Gasteiger partial charge in [-0.05, 0) is 18.0 Å². The van der Waals surface area contributed by atoms with Crippen molar-refractivity contribution in [1.82, 2.24) is 0 Å². The molecule has 0 N–H and O–H groups in total. The van der Waals surface area contributed by atoms with E-state index in [1.807, 2.05) is 44.2 Å². The number of benzene rings is 1. The molecule has 0 aliphatic heterocycles. The van der Waals surface area contributed by atoms with Crippen molar-refractivity contribution in [2.75, 3.05) is 19.4 Å². The second-order valence-electron chi connectivity index (χ2n) is 4.63. The van der Waals surface area contributed by atoms with E-state index in [0.29, 0.717) is 13.2 Å². The van der Waals surface area contributed by atoms with Gasteiger partial charge in [-0.2, -0.15) is 0 Å². The van der Waals surface area contributed by atoms with Crippen molar-refractivity contribution in [2.24, 2.45) is 0 Å². The predicted octanol–water partition coefficient (Wildman–Crippen LogP) is 2.46. The van der Waals surface area contributed by atoms with Crippen LogP contribution in [0.1, 0.15) is 26.7 Å². The molecular formula is C16H24O4Si. The summed E-state index contributed by atoms with van der Waals surface area (Å²) in [5.41, 5.74) is 0. The van der Waals surface area contributed by atoms with E-state index in [1.165, 1.54) is 0 Å². The lowest BCUT2D eigenvalue weighted by Gasteiger charge is -2.30. The minimum atomic E-state index is -2.78. The van der Waals surface area contributed by atoms with Crippen LogP contribution in [0.3, 0.4) is 0 Å². The maximum atomic E-state index is 11.4. The Morgan fingerprint density at radius 1 is 1.14 bits per heavy atom. The number of carbonyl (C=O) groups excluding carboxylic acids is 1. The first-order valence-electron chi connectivity index (χ1n) is 7.31. The molecule has 1 aromatic rings. The highest BCUT2D eigenvalue weighted by Crippen LogP contribution is 2.11. The Morgan fingerprint density at radius 3 is 2.19 bits per heavy atom. The van der Waals surface area contributed by atoms with Gasteiger partial charge in [-0.15, -0.1) is 0 Å². The molecule has 5 heteroatoms. The maximum Gasteiger partial charge on any atom is 0.411 e. The van der Waals surface area contributed by atoms with Crippen molar-refractivity contribution in [1.29, 1.82) is 0 Å². The quantitative estimate of drug-likeness (QED) is 0.378. The Hall–Kier alpha value is -1.43. The van der Waals surface area contributed by atoms with Gasteiger partial charge in [0.1, 0.15) is 6.23 Å². The van der Waals surface area contributed by atoms with Crippen LogP contribution in [0, 0.1) is 0 Å². The molecule has 0 amide bonds. The minimum Gasteiger partial charge on any atom is -0.460 e. The summed E-state index contributed by atoms with van der Waals surface area (Å²) in [6.07, 6.45) is 3.06. The van der Waals surface area contributed by atoms with Crippen molar-refractivity contribution >= 4 is 19.7 Å². The molecule has 0 aliphatic rings. The van der Waals surface area contributed by atoms with Crippen LogP contribution >= 0.6 is 0 Å². The summed E-state index contributed by atoms with van der Waals surface area (Å²) < 4.78 is 17.4. The van der Waals surface area contributed by atoms with E-state index in [-0.39, 0.29) is 6.23 Å². The number of hydrogen-bond acceptors (Lipinski definition) is 4. The molecule has 0 bridgehead atoms. The molecule has 0 saturated heterocycles. The van der Waals surface area contributed by atoms with Crippen LogP contribution in [-0.4, -0.2) is 34.0 Å². The zero-order valence-corrected chi connectivity index (χ0v) is 13.8. The Morgan fingerprint density at radius 2 is 1.71 bits per heavy atom. The summed E-state index contributed by atoms with van der Waals surface area (Å²) in [4.78, 5) is 11.4. The number of carbonyl (C=O) groups is 1. The Bertz CT molecular complexity index is 425. The Kier molecular flexibility index (Phi) is 7.96. The standard InChI is InChI=1S/C16H24O4Si/c1-4-12-19-21(20-13-5-2,14-18-16(17)6-3)15-10-8-7-9-11-15/h6-11H,3-5,12-14H2,1-2H3. The Balaban J connectivity index is 3.01. The van der Waals surface area contributed by atoms with Gasteiger partial charge in [-0.1, -0.05) is 50.8 Å². The maximum absolute atomic E-state index is 11.4. The van der Waals surface area contributed by atoms with Crippen LogP contribution < -0.4 is 5.19 Å². The average Bonchev–Trinajstić information content (AvgIpc) is 2.55. The first-order chi connectivity index (χ1) is 10.2. The molecule has 0 atom stereocenters. The first-order valence-corrected chi connectivity index (χ1v) is 9.33. The number of hydrogen-bond donors (Lipinski definition) is 0. The number of esters is 1. The molecule has 1 aromatic carbocycles. The van der Waals surface area contributed by atoms with Crippen LogP contribution in [-0.2, 0) is 18.4 Å². The summed E-state index contributed by atoms with van der Waals surface area (Å²) in [5, 5.41) is 0.976. The molecule has 21 heavy (non-hydrogen) atoms. The van der Waals surface area contributed by atoms with Crippen molar-refractivity contribution in [2.45, 2.75) is 26.7 Å². The molecule has 0 aromatic heterocycles. The highest BCUT2D eigenvalue weighted by Gasteiger charge is 2.42. The van der Waals surface area contributed by atoms with Gasteiger partial charge in [0.05, 0.1) is 0 Å². The molecule has 0 spiro atoms. The van der Waals surface area contributed by atoms with E-state index in [9.17, 15) is 4.79 Å². The van der Waals surface area contributed by atoms with Gasteiger partial charge in [0.15, 0.2) is 0 Å². The van der Waals surface area contributed by atoms with Gasteiger partial charge < -0.3 is 13.6 Å². The lowest BCUT2D eigenvalue weighted by molar-refractivity contribution is -0.136. The molecule has 4 nitrogen and oxygen atoms in total. The topological polar surface area (TPSA) is 44.8 Å². The van der Waals surface area contributed by atoms with Crippen molar-refractivity contribution in [3.05, 3.63) is 43.0 Å². The van der Waals surface area contributed by atoms with Crippen LogP contribution in [0.25, 0.3) is 0 Å². The second kappa shape index (κ2) is 9.49. The van der Waals surface area contributed by atoms with E-state index < -0.39 is 14.5 Å². The summed E-state index contributed by atoms with van der Waals surface area (Å²) >= 11 is 0. The predicted molar refractivity (Wildman–Crippen MR) is 85.5 cm³/mol. The minimum absolute atomic E-state index is 0.141. The van der Waals surface area contributed by atoms with Gasteiger partial charge in [0.25, 0.3) is 0 Å². The van der Waals surface area contributed by atoms with E-state index in [1.54, 1.807) is 0 Å². The largest absolute Gasteiger partial charge is 0.460 e. The molecule has 0 heterocycles. The molecule has 0 unspecified atom stereocenters. The normalized spacial score (nSPS) is 11.1. The van der Waals surface area contributed by atoms with Crippen molar-refractivity contribution < 1.29 is 18.4 Å². The van der Waals surface area contributed by atoms with Gasteiger partial charge in [-0.25, -0.2) is 4.79 Å². The highest BCUT2D eigenvalue weighted by molar-refractivity contribution is 6.81.